The van der Waals surface area contributed by atoms with E-state index in [2.05, 4.69) is 0 Å². The molecule has 1 rings (SSSR count). The van der Waals surface area contributed by atoms with Gasteiger partial charge in [0, 0.05) is 6.07 Å². The van der Waals surface area contributed by atoms with Gasteiger partial charge in [0.25, 0.3) is 0 Å². The van der Waals surface area contributed by atoms with Gasteiger partial charge in [-0.25, -0.2) is 4.79 Å². The molecule has 1 aromatic rings. The van der Waals surface area contributed by atoms with Gasteiger partial charge < -0.3 is 14.2 Å². The van der Waals surface area contributed by atoms with Crippen LogP contribution in [0.3, 0.4) is 0 Å². The number of hydrogen-bond donors (Lipinski definition) is 0. The molecule has 5 heteroatoms. The first-order valence-corrected chi connectivity index (χ1v) is 5.61. The van der Waals surface area contributed by atoms with Gasteiger partial charge in [-0.05, 0) is 18.6 Å². The molecular formula is C12H17BO4. The highest BCUT2D eigenvalue weighted by Crippen LogP contribution is 2.22. The molecule has 0 saturated heterocycles. The molecule has 92 valence electrons. The molecule has 17 heavy (non-hydrogen) atoms. The zero-order chi connectivity index (χ0) is 12.7. The highest BCUT2D eigenvalue weighted by molar-refractivity contribution is 6.08. The normalized spacial score (nSPS) is 9.76. The fraction of sp³-hybridized carbons (Fsp3) is 0.417. The van der Waals surface area contributed by atoms with Crippen LogP contribution >= 0.6 is 0 Å². The van der Waals surface area contributed by atoms with Crippen molar-refractivity contribution in [3.8, 4) is 11.5 Å². The summed E-state index contributed by atoms with van der Waals surface area (Å²) in [5.74, 6) is 0.800. The van der Waals surface area contributed by atoms with Gasteiger partial charge in [-0.15, -0.1) is 0 Å². The zero-order valence-electron chi connectivity index (χ0n) is 10.5. The second-order valence-electron chi connectivity index (χ2n) is 3.59. The quantitative estimate of drug-likeness (QED) is 0.424. The minimum Gasteiger partial charge on any atom is -0.497 e. The summed E-state index contributed by atoms with van der Waals surface area (Å²) >= 11 is 0. The minimum absolute atomic E-state index is 0.351. The molecular weight excluding hydrogens is 219 g/mol. The minimum atomic E-state index is -0.351. The summed E-state index contributed by atoms with van der Waals surface area (Å²) in [6.07, 6.45) is 1.86. The molecule has 0 unspecified atom stereocenters. The average Bonchev–Trinajstić information content (AvgIpc) is 2.38. The Morgan fingerprint density at radius 2 is 1.76 bits per heavy atom. The maximum Gasteiger partial charge on any atom is 0.338 e. The van der Waals surface area contributed by atoms with Gasteiger partial charge in [-0.2, -0.15) is 0 Å². The molecule has 0 spiro atoms. The molecule has 0 aliphatic rings. The number of methoxy groups -OCH3 is 2. The Labute approximate surface area is 102 Å². The van der Waals surface area contributed by atoms with Gasteiger partial charge in [0.2, 0.25) is 0 Å². The van der Waals surface area contributed by atoms with Crippen LogP contribution in [0.5, 0.6) is 11.5 Å². The first kappa shape index (κ1) is 13.4. The van der Waals surface area contributed by atoms with Crippen LogP contribution in [-0.2, 0) is 4.74 Å². The summed E-state index contributed by atoms with van der Waals surface area (Å²) in [5, 5.41) is 0. The summed E-state index contributed by atoms with van der Waals surface area (Å²) < 4.78 is 15.3. The zero-order valence-corrected chi connectivity index (χ0v) is 10.5. The lowest BCUT2D eigenvalue weighted by Crippen LogP contribution is -2.07. The summed E-state index contributed by atoms with van der Waals surface area (Å²) in [5.41, 5.74) is 0.442. The van der Waals surface area contributed by atoms with Crippen molar-refractivity contribution < 1.29 is 19.0 Å². The van der Waals surface area contributed by atoms with E-state index in [9.17, 15) is 4.79 Å². The second kappa shape index (κ2) is 6.83. The van der Waals surface area contributed by atoms with Crippen LogP contribution in [0.4, 0.5) is 0 Å². The van der Waals surface area contributed by atoms with E-state index >= 15 is 0 Å². The van der Waals surface area contributed by atoms with E-state index in [1.54, 1.807) is 32.4 Å². The van der Waals surface area contributed by atoms with Gasteiger partial charge in [0.15, 0.2) is 0 Å². The largest absolute Gasteiger partial charge is 0.497 e. The summed E-state index contributed by atoms with van der Waals surface area (Å²) in [6.45, 7) is 0.439. The summed E-state index contributed by atoms with van der Waals surface area (Å²) in [4.78, 5) is 11.7. The standard InChI is InChI=1S/C12H17BO4/c1-15-10-6-9(7-11(8-10)16-2)12(14)17-5-3-4-13/h6-8H,3-5,13H2,1-2H3. The van der Waals surface area contributed by atoms with Crippen molar-refractivity contribution in [3.05, 3.63) is 23.8 Å². The first-order valence-electron chi connectivity index (χ1n) is 5.61. The van der Waals surface area contributed by atoms with Crippen molar-refractivity contribution >= 4 is 13.8 Å². The molecule has 0 aliphatic carbocycles. The Kier molecular flexibility index (Phi) is 5.40. The monoisotopic (exact) mass is 236 g/mol. The van der Waals surface area contributed by atoms with Gasteiger partial charge in [0.1, 0.15) is 19.3 Å². The van der Waals surface area contributed by atoms with E-state index < -0.39 is 0 Å². The second-order valence-corrected chi connectivity index (χ2v) is 3.59. The van der Waals surface area contributed by atoms with Crippen molar-refractivity contribution in [1.82, 2.24) is 0 Å². The third-order valence-corrected chi connectivity index (χ3v) is 2.32. The van der Waals surface area contributed by atoms with Crippen LogP contribution in [0, 0.1) is 0 Å². The van der Waals surface area contributed by atoms with Crippen LogP contribution in [0.15, 0.2) is 18.2 Å². The number of esters is 1. The van der Waals surface area contributed by atoms with Gasteiger partial charge in [0.05, 0.1) is 26.4 Å². The van der Waals surface area contributed by atoms with E-state index in [1.165, 1.54) is 0 Å². The summed E-state index contributed by atoms with van der Waals surface area (Å²) in [6, 6.07) is 4.98. The Morgan fingerprint density at radius 3 is 2.24 bits per heavy atom. The molecule has 0 fully saturated rings. The molecule has 4 nitrogen and oxygen atoms in total. The molecule has 0 bridgehead atoms. The van der Waals surface area contributed by atoms with Crippen molar-refractivity contribution in [2.45, 2.75) is 12.7 Å². The summed E-state index contributed by atoms with van der Waals surface area (Å²) in [7, 11) is 5.13. The number of hydrogen-bond acceptors (Lipinski definition) is 4. The molecule has 0 heterocycles. The highest BCUT2D eigenvalue weighted by atomic mass is 16.5. The van der Waals surface area contributed by atoms with E-state index in [0.29, 0.717) is 23.7 Å². The van der Waals surface area contributed by atoms with Crippen LogP contribution in [0.1, 0.15) is 16.8 Å². The molecule has 0 N–H and O–H groups in total. The van der Waals surface area contributed by atoms with Gasteiger partial charge in [-0.1, -0.05) is 6.32 Å². The number of carbonyl (C=O) groups excluding carboxylic acids is 1. The third-order valence-electron chi connectivity index (χ3n) is 2.32. The lowest BCUT2D eigenvalue weighted by molar-refractivity contribution is 0.0504. The number of benzene rings is 1. The predicted octanol–water partition coefficient (Wildman–Crippen LogP) is 1.30. The van der Waals surface area contributed by atoms with Crippen LogP contribution < -0.4 is 9.47 Å². The molecule has 0 aliphatic heterocycles. The third kappa shape index (κ3) is 4.02. The number of ether oxygens (including phenoxy) is 3. The van der Waals surface area contributed by atoms with E-state index in [4.69, 9.17) is 14.2 Å². The van der Waals surface area contributed by atoms with Gasteiger partial charge in [-0.3, -0.25) is 0 Å². The molecule has 0 aromatic heterocycles. The number of rotatable bonds is 6. The molecule has 0 saturated carbocycles. The molecule has 0 radical (unpaired) electrons. The van der Waals surface area contributed by atoms with Crippen LogP contribution in [0.25, 0.3) is 0 Å². The Hall–Kier alpha value is -1.65. The van der Waals surface area contributed by atoms with Crippen molar-refractivity contribution in [1.29, 1.82) is 0 Å². The molecule has 1 aromatic carbocycles. The number of carbonyl (C=O) groups is 1. The lowest BCUT2D eigenvalue weighted by Gasteiger charge is -2.08. The van der Waals surface area contributed by atoms with Crippen LogP contribution in [0.2, 0.25) is 6.32 Å². The topological polar surface area (TPSA) is 44.8 Å². The van der Waals surface area contributed by atoms with Crippen molar-refractivity contribution in [2.24, 2.45) is 0 Å². The average molecular weight is 236 g/mol. The Balaban J connectivity index is 2.77. The van der Waals surface area contributed by atoms with Crippen molar-refractivity contribution in [3.63, 3.8) is 0 Å². The lowest BCUT2D eigenvalue weighted by atomic mass is 10.0. The maximum absolute atomic E-state index is 11.7. The first-order chi connectivity index (χ1) is 8.21. The Bertz CT molecular complexity index is 357. The fourth-order valence-electron chi connectivity index (χ4n) is 1.32. The van der Waals surface area contributed by atoms with E-state index in [1.807, 2.05) is 7.85 Å². The SMILES string of the molecule is BCCCOC(=O)c1cc(OC)cc(OC)c1. The van der Waals surface area contributed by atoms with Crippen molar-refractivity contribution in [2.75, 3.05) is 20.8 Å². The Morgan fingerprint density at radius 1 is 1.18 bits per heavy atom. The fourth-order valence-corrected chi connectivity index (χ4v) is 1.32. The molecule has 0 atom stereocenters. The maximum atomic E-state index is 11.7. The highest BCUT2D eigenvalue weighted by Gasteiger charge is 2.10. The van der Waals surface area contributed by atoms with Gasteiger partial charge >= 0.3 is 5.97 Å². The smallest absolute Gasteiger partial charge is 0.338 e. The predicted molar refractivity (Wildman–Crippen MR) is 67.8 cm³/mol. The molecule has 0 amide bonds. The van der Waals surface area contributed by atoms with E-state index in [0.717, 1.165) is 12.7 Å². The van der Waals surface area contributed by atoms with Crippen LogP contribution in [-0.4, -0.2) is 34.6 Å². The van der Waals surface area contributed by atoms with E-state index in [-0.39, 0.29) is 5.97 Å².